The molecule has 0 aliphatic rings. The van der Waals surface area contributed by atoms with Crippen LogP contribution in [0, 0.1) is 0 Å². The third-order valence-electron chi connectivity index (χ3n) is 15.9. The van der Waals surface area contributed by atoms with Crippen LogP contribution in [0.2, 0.25) is 0 Å². The number of fused-ring (bicyclic) bond motifs is 10. The third kappa shape index (κ3) is 8.28. The molecule has 2 nitrogen and oxygen atoms in total. The number of rotatable bonds is 10. The van der Waals surface area contributed by atoms with Crippen molar-refractivity contribution in [2.45, 2.75) is 0 Å². The molecule has 1 heterocycles. The molecule has 0 amide bonds. The first-order valence-electron chi connectivity index (χ1n) is 27.1. The van der Waals surface area contributed by atoms with Gasteiger partial charge in [0.05, 0.1) is 5.69 Å². The van der Waals surface area contributed by atoms with Crippen molar-refractivity contribution >= 4 is 109 Å². The summed E-state index contributed by atoms with van der Waals surface area (Å²) in [5.74, 6) is 0. The van der Waals surface area contributed by atoms with Gasteiger partial charge in [-0.15, -0.1) is 11.3 Å². The van der Waals surface area contributed by atoms with Gasteiger partial charge in [-0.2, -0.15) is 0 Å². The second-order valence-corrected chi connectivity index (χ2v) is 21.5. The summed E-state index contributed by atoms with van der Waals surface area (Å²) in [6.45, 7) is 0. The van der Waals surface area contributed by atoms with Crippen molar-refractivity contribution < 1.29 is 0 Å². The fraction of sp³-hybridized carbons (Fsp3) is 0. The van der Waals surface area contributed by atoms with Crippen LogP contribution in [0.1, 0.15) is 0 Å². The Hall–Kier alpha value is -10.1. The number of hydrogen-bond donors (Lipinski definition) is 0. The zero-order valence-corrected chi connectivity index (χ0v) is 44.0. The Morgan fingerprint density at radius 3 is 1.09 bits per heavy atom. The summed E-state index contributed by atoms with van der Waals surface area (Å²) in [5.41, 5.74) is 16.1. The quantitative estimate of drug-likeness (QED) is 0.126. The second kappa shape index (κ2) is 19.5. The molecule has 79 heavy (non-hydrogen) atoms. The zero-order chi connectivity index (χ0) is 52.2. The van der Waals surface area contributed by atoms with Gasteiger partial charge in [0.15, 0.2) is 0 Å². The van der Waals surface area contributed by atoms with Gasteiger partial charge in [-0.1, -0.05) is 212 Å². The maximum Gasteiger partial charge on any atom is 0.0540 e. The van der Waals surface area contributed by atoms with Gasteiger partial charge < -0.3 is 9.80 Å². The number of hydrogen-bond acceptors (Lipinski definition) is 3. The monoisotopic (exact) mass is 1020 g/mol. The van der Waals surface area contributed by atoms with Crippen LogP contribution in [0.3, 0.4) is 0 Å². The van der Waals surface area contributed by atoms with E-state index in [4.69, 9.17) is 0 Å². The summed E-state index contributed by atoms with van der Waals surface area (Å²) >= 11 is 1.86. The van der Waals surface area contributed by atoms with Crippen LogP contribution in [-0.2, 0) is 0 Å². The predicted octanol–water partition coefficient (Wildman–Crippen LogP) is 22.3. The lowest BCUT2D eigenvalue weighted by molar-refractivity contribution is 1.28. The van der Waals surface area contributed by atoms with E-state index in [0.29, 0.717) is 0 Å². The molecule has 15 rings (SSSR count). The van der Waals surface area contributed by atoms with Crippen molar-refractivity contribution in [3.8, 4) is 44.5 Å². The van der Waals surface area contributed by atoms with Crippen molar-refractivity contribution in [3.05, 3.63) is 303 Å². The highest BCUT2D eigenvalue weighted by atomic mass is 32.1. The van der Waals surface area contributed by atoms with E-state index in [1.54, 1.807) is 0 Å². The summed E-state index contributed by atoms with van der Waals surface area (Å²) < 4.78 is 2.65. The fourth-order valence-electron chi connectivity index (χ4n) is 12.0. The third-order valence-corrected chi connectivity index (χ3v) is 17.0. The molecule has 0 aliphatic carbocycles. The lowest BCUT2D eigenvalue weighted by atomic mass is 9.92. The normalized spacial score (nSPS) is 11.5. The van der Waals surface area contributed by atoms with Crippen LogP contribution in [0.15, 0.2) is 303 Å². The largest absolute Gasteiger partial charge is 0.311 e. The Balaban J connectivity index is 0.789. The highest BCUT2D eigenvalue weighted by Crippen LogP contribution is 2.45. The maximum atomic E-state index is 2.38. The molecule has 0 fully saturated rings. The standard InChI is InChI=1S/C76H50N2S/c1-3-15-58(16-4-1)78(59-17-5-2-6-18-59)74-47-46-63(64-19-11-12-24-70(64)74)55-35-43-62(44-36-55)77(61-41-33-54(34-42-61)56-37-45-69-67-22-8-7-20-65(67)66-21-9-10-23-68(66)72(69)49-56)60-39-31-52(32-40-60)51-27-29-53(30-28-51)57-38-48-76-73(50-57)71-25-13-14-26-75(71)79-76/h1-50H. The predicted molar refractivity (Wildman–Crippen MR) is 340 cm³/mol. The van der Waals surface area contributed by atoms with Gasteiger partial charge in [0, 0.05) is 54.0 Å². The molecule has 1 aromatic heterocycles. The first-order valence-corrected chi connectivity index (χ1v) is 27.9. The van der Waals surface area contributed by atoms with Crippen LogP contribution in [0.5, 0.6) is 0 Å². The van der Waals surface area contributed by atoms with Gasteiger partial charge in [-0.3, -0.25) is 0 Å². The van der Waals surface area contributed by atoms with Gasteiger partial charge in [-0.25, -0.2) is 0 Å². The molecule has 0 saturated heterocycles. The second-order valence-electron chi connectivity index (χ2n) is 20.4. The van der Waals surface area contributed by atoms with Gasteiger partial charge in [0.2, 0.25) is 0 Å². The van der Waals surface area contributed by atoms with E-state index in [1.807, 2.05) is 11.3 Å². The minimum absolute atomic E-state index is 1.08. The number of benzene rings is 14. The Morgan fingerprint density at radius 1 is 0.190 bits per heavy atom. The van der Waals surface area contributed by atoms with Gasteiger partial charge >= 0.3 is 0 Å². The summed E-state index contributed by atoms with van der Waals surface area (Å²) in [6.07, 6.45) is 0. The highest BCUT2D eigenvalue weighted by molar-refractivity contribution is 7.25. The Labute approximate surface area is 463 Å². The van der Waals surface area contributed by atoms with Gasteiger partial charge in [-0.05, 0) is 173 Å². The summed E-state index contributed by atoms with van der Waals surface area (Å²) in [7, 11) is 0. The molecule has 0 aliphatic heterocycles. The molecular weight excluding hydrogens is 973 g/mol. The van der Waals surface area contributed by atoms with E-state index in [9.17, 15) is 0 Å². The number of anilines is 6. The first-order chi connectivity index (χ1) is 39.2. The minimum Gasteiger partial charge on any atom is -0.311 e. The van der Waals surface area contributed by atoms with E-state index in [2.05, 4.69) is 313 Å². The average Bonchev–Trinajstić information content (AvgIpc) is 4.07. The molecule has 370 valence electrons. The van der Waals surface area contributed by atoms with Crippen LogP contribution < -0.4 is 9.80 Å². The molecular formula is C76H50N2S. The van der Waals surface area contributed by atoms with E-state index in [0.717, 1.165) is 39.7 Å². The average molecular weight is 1020 g/mol. The Bertz CT molecular complexity index is 4660. The summed E-state index contributed by atoms with van der Waals surface area (Å²) in [5, 5.41) is 12.7. The van der Waals surface area contributed by atoms with E-state index < -0.39 is 0 Å². The van der Waals surface area contributed by atoms with Crippen LogP contribution >= 0.6 is 11.3 Å². The minimum atomic E-state index is 1.08. The molecule has 0 saturated carbocycles. The van der Waals surface area contributed by atoms with Crippen molar-refractivity contribution in [3.63, 3.8) is 0 Å². The van der Waals surface area contributed by atoms with Crippen molar-refractivity contribution in [2.75, 3.05) is 9.80 Å². The van der Waals surface area contributed by atoms with Crippen molar-refractivity contribution in [1.29, 1.82) is 0 Å². The first kappa shape index (κ1) is 46.3. The fourth-order valence-corrected chi connectivity index (χ4v) is 13.1. The molecule has 0 spiro atoms. The molecule has 14 aromatic carbocycles. The molecule has 3 heteroatoms. The molecule has 0 bridgehead atoms. The van der Waals surface area contributed by atoms with Crippen molar-refractivity contribution in [1.82, 2.24) is 0 Å². The summed E-state index contributed by atoms with van der Waals surface area (Å²) in [4.78, 5) is 4.74. The lowest BCUT2D eigenvalue weighted by Crippen LogP contribution is -2.10. The van der Waals surface area contributed by atoms with E-state index in [1.165, 1.54) is 102 Å². The van der Waals surface area contributed by atoms with Crippen LogP contribution in [-0.4, -0.2) is 0 Å². The Kier molecular flexibility index (Phi) is 11.4. The maximum absolute atomic E-state index is 2.38. The number of para-hydroxylation sites is 2. The van der Waals surface area contributed by atoms with E-state index >= 15 is 0 Å². The van der Waals surface area contributed by atoms with Crippen LogP contribution in [0.25, 0.3) is 108 Å². The molecule has 0 atom stereocenters. The van der Waals surface area contributed by atoms with E-state index in [-0.39, 0.29) is 0 Å². The van der Waals surface area contributed by atoms with Crippen LogP contribution in [0.4, 0.5) is 34.1 Å². The lowest BCUT2D eigenvalue weighted by Gasteiger charge is -2.27. The molecule has 15 aromatic rings. The SMILES string of the molecule is c1ccc(N(c2ccccc2)c2ccc(-c3ccc(N(c4ccc(-c5ccc(-c6ccc7sc8ccccc8c7c6)cc5)cc4)c4ccc(-c5ccc6c7ccccc7c7ccccc7c6c5)cc4)cc3)c3ccccc23)cc1. The number of nitrogens with zero attached hydrogens (tertiary/aromatic N) is 2. The zero-order valence-electron chi connectivity index (χ0n) is 43.2. The molecule has 0 unspecified atom stereocenters. The van der Waals surface area contributed by atoms with Crippen molar-refractivity contribution in [2.24, 2.45) is 0 Å². The summed E-state index contributed by atoms with van der Waals surface area (Å²) in [6, 6.07) is 111. The smallest absolute Gasteiger partial charge is 0.0540 e. The highest BCUT2D eigenvalue weighted by Gasteiger charge is 2.19. The number of thiophene rings is 1. The Morgan fingerprint density at radius 2 is 0.544 bits per heavy atom. The van der Waals surface area contributed by atoms with Gasteiger partial charge in [0.1, 0.15) is 0 Å². The molecule has 0 radical (unpaired) electrons. The molecule has 0 N–H and O–H groups in total. The topological polar surface area (TPSA) is 6.48 Å². The van der Waals surface area contributed by atoms with Gasteiger partial charge in [0.25, 0.3) is 0 Å².